The maximum absolute atomic E-state index is 11.6. The van der Waals surface area contributed by atoms with Crippen molar-refractivity contribution in [1.29, 1.82) is 0 Å². The van der Waals surface area contributed by atoms with Crippen LogP contribution in [0.4, 0.5) is 11.4 Å². The van der Waals surface area contributed by atoms with Crippen LogP contribution in [-0.4, -0.2) is 32.7 Å². The Hall–Kier alpha value is -1.26. The van der Waals surface area contributed by atoms with E-state index in [4.69, 9.17) is 16.3 Å². The molecule has 0 spiro atoms. The van der Waals surface area contributed by atoms with E-state index in [1.807, 2.05) is 45.0 Å². The summed E-state index contributed by atoms with van der Waals surface area (Å²) in [6.45, 7) is 3.82. The number of carbonyl (C=O) groups is 1. The Kier molecular flexibility index (Phi) is 5.44. The fourth-order valence-electron chi connectivity index (χ4n) is 1.39. The predicted octanol–water partition coefficient (Wildman–Crippen LogP) is 2.77. The summed E-state index contributed by atoms with van der Waals surface area (Å²) in [4.78, 5) is 13.5. The molecule has 1 amide bonds. The van der Waals surface area contributed by atoms with Gasteiger partial charge in [0.1, 0.15) is 6.61 Å². The van der Waals surface area contributed by atoms with Crippen LogP contribution < -0.4 is 10.2 Å². The molecule has 1 rings (SSSR count). The van der Waals surface area contributed by atoms with Crippen molar-refractivity contribution in [2.75, 3.05) is 30.9 Å². The summed E-state index contributed by atoms with van der Waals surface area (Å²) in [6, 6.07) is 5.40. The van der Waals surface area contributed by atoms with Crippen molar-refractivity contribution in [3.63, 3.8) is 0 Å². The standard InChI is InChI=1S/C13H19ClN2O2/c1-9(2)18-8-13(17)15-10-5-6-12(16(3)4)11(14)7-10/h5-7,9H,8H2,1-4H3,(H,15,17). The second kappa shape index (κ2) is 6.61. The molecule has 0 atom stereocenters. The summed E-state index contributed by atoms with van der Waals surface area (Å²) in [6.07, 6.45) is 0.0375. The highest BCUT2D eigenvalue weighted by molar-refractivity contribution is 6.33. The number of amides is 1. The summed E-state index contributed by atoms with van der Waals surface area (Å²) < 4.78 is 5.21. The molecule has 0 radical (unpaired) electrons. The molecule has 0 saturated carbocycles. The van der Waals surface area contributed by atoms with Gasteiger partial charge in [-0.25, -0.2) is 0 Å². The highest BCUT2D eigenvalue weighted by Crippen LogP contribution is 2.27. The van der Waals surface area contributed by atoms with Crippen molar-refractivity contribution in [1.82, 2.24) is 0 Å². The van der Waals surface area contributed by atoms with E-state index in [-0.39, 0.29) is 18.6 Å². The van der Waals surface area contributed by atoms with Gasteiger partial charge in [0.15, 0.2) is 0 Å². The zero-order valence-corrected chi connectivity index (χ0v) is 11.9. The van der Waals surface area contributed by atoms with Crippen LogP contribution in [0.15, 0.2) is 18.2 Å². The first-order valence-electron chi connectivity index (χ1n) is 5.78. The minimum Gasteiger partial charge on any atom is -0.376 e. The summed E-state index contributed by atoms with van der Waals surface area (Å²) in [5.41, 5.74) is 1.58. The average Bonchev–Trinajstić information content (AvgIpc) is 2.26. The van der Waals surface area contributed by atoms with Crippen molar-refractivity contribution in [2.45, 2.75) is 20.0 Å². The van der Waals surface area contributed by atoms with Crippen LogP contribution in [0, 0.1) is 0 Å². The number of nitrogens with one attached hydrogen (secondary N) is 1. The quantitative estimate of drug-likeness (QED) is 0.895. The second-order valence-electron chi connectivity index (χ2n) is 4.47. The highest BCUT2D eigenvalue weighted by atomic mass is 35.5. The lowest BCUT2D eigenvalue weighted by atomic mass is 10.2. The summed E-state index contributed by atoms with van der Waals surface area (Å²) in [7, 11) is 3.83. The number of nitrogens with zero attached hydrogens (tertiary/aromatic N) is 1. The predicted molar refractivity (Wildman–Crippen MR) is 75.5 cm³/mol. The number of benzene rings is 1. The number of anilines is 2. The van der Waals surface area contributed by atoms with Gasteiger partial charge in [0.05, 0.1) is 16.8 Å². The fourth-order valence-corrected chi connectivity index (χ4v) is 1.74. The molecule has 1 aromatic rings. The van der Waals surface area contributed by atoms with E-state index in [0.717, 1.165) is 5.69 Å². The molecule has 0 bridgehead atoms. The Morgan fingerprint density at radius 3 is 2.61 bits per heavy atom. The van der Waals surface area contributed by atoms with Gasteiger partial charge in [-0.15, -0.1) is 0 Å². The molecular weight excluding hydrogens is 252 g/mol. The van der Waals surface area contributed by atoms with Crippen molar-refractivity contribution < 1.29 is 9.53 Å². The van der Waals surface area contributed by atoms with E-state index in [1.54, 1.807) is 6.07 Å². The van der Waals surface area contributed by atoms with E-state index >= 15 is 0 Å². The van der Waals surface area contributed by atoms with Gasteiger partial charge in [0.2, 0.25) is 5.91 Å². The van der Waals surface area contributed by atoms with Gasteiger partial charge in [-0.2, -0.15) is 0 Å². The van der Waals surface area contributed by atoms with E-state index in [1.165, 1.54) is 0 Å². The molecule has 1 aromatic carbocycles. The van der Waals surface area contributed by atoms with Crippen LogP contribution in [0.1, 0.15) is 13.8 Å². The normalized spacial score (nSPS) is 10.6. The third kappa shape index (κ3) is 4.55. The molecule has 4 nitrogen and oxygen atoms in total. The molecule has 1 N–H and O–H groups in total. The van der Waals surface area contributed by atoms with Crippen molar-refractivity contribution in [3.05, 3.63) is 23.2 Å². The average molecular weight is 271 g/mol. The van der Waals surface area contributed by atoms with Gasteiger partial charge in [-0.3, -0.25) is 4.79 Å². The van der Waals surface area contributed by atoms with E-state index in [2.05, 4.69) is 5.32 Å². The molecule has 0 unspecified atom stereocenters. The van der Waals surface area contributed by atoms with Gasteiger partial charge in [0, 0.05) is 19.8 Å². The lowest BCUT2D eigenvalue weighted by Crippen LogP contribution is -2.20. The monoisotopic (exact) mass is 270 g/mol. The Bertz CT molecular complexity index is 419. The van der Waals surface area contributed by atoms with Crippen LogP contribution in [0.25, 0.3) is 0 Å². The zero-order valence-electron chi connectivity index (χ0n) is 11.2. The first-order chi connectivity index (χ1) is 8.40. The highest BCUT2D eigenvalue weighted by Gasteiger charge is 2.07. The fraction of sp³-hybridized carbons (Fsp3) is 0.462. The molecule has 0 fully saturated rings. The molecule has 0 aliphatic rings. The summed E-state index contributed by atoms with van der Waals surface area (Å²) in [5.74, 6) is -0.183. The molecule has 0 aliphatic heterocycles. The van der Waals surface area contributed by atoms with Crippen LogP contribution in [0.3, 0.4) is 0 Å². The number of rotatable bonds is 5. The van der Waals surface area contributed by atoms with Gasteiger partial charge in [-0.05, 0) is 32.0 Å². The Morgan fingerprint density at radius 1 is 1.44 bits per heavy atom. The first-order valence-corrected chi connectivity index (χ1v) is 6.16. The van der Waals surface area contributed by atoms with Crippen molar-refractivity contribution >= 4 is 28.9 Å². The SMILES string of the molecule is CC(C)OCC(=O)Nc1ccc(N(C)C)c(Cl)c1. The molecule has 0 aliphatic carbocycles. The molecule has 0 heterocycles. The number of hydrogen-bond acceptors (Lipinski definition) is 3. The lowest BCUT2D eigenvalue weighted by Gasteiger charge is -2.15. The Balaban J connectivity index is 2.63. The van der Waals surface area contributed by atoms with Crippen LogP contribution >= 0.6 is 11.6 Å². The van der Waals surface area contributed by atoms with Crippen LogP contribution in [0.2, 0.25) is 5.02 Å². The second-order valence-corrected chi connectivity index (χ2v) is 4.88. The first kappa shape index (κ1) is 14.8. The van der Waals surface area contributed by atoms with Crippen molar-refractivity contribution in [2.24, 2.45) is 0 Å². The largest absolute Gasteiger partial charge is 0.376 e. The molecular formula is C13H19ClN2O2. The molecule has 0 aromatic heterocycles. The molecule has 18 heavy (non-hydrogen) atoms. The van der Waals surface area contributed by atoms with E-state index in [0.29, 0.717) is 10.7 Å². The molecule has 5 heteroatoms. The minimum absolute atomic E-state index is 0.0375. The third-order valence-electron chi connectivity index (χ3n) is 2.26. The smallest absolute Gasteiger partial charge is 0.250 e. The van der Waals surface area contributed by atoms with Gasteiger partial charge in [-0.1, -0.05) is 11.6 Å². The zero-order chi connectivity index (χ0) is 13.7. The number of carbonyl (C=O) groups excluding carboxylic acids is 1. The van der Waals surface area contributed by atoms with Crippen molar-refractivity contribution in [3.8, 4) is 0 Å². The maximum Gasteiger partial charge on any atom is 0.250 e. The molecule has 100 valence electrons. The van der Waals surface area contributed by atoms with E-state index < -0.39 is 0 Å². The van der Waals surface area contributed by atoms with Gasteiger partial charge < -0.3 is 15.0 Å². The summed E-state index contributed by atoms with van der Waals surface area (Å²) in [5, 5.41) is 3.34. The van der Waals surface area contributed by atoms with Crippen LogP contribution in [-0.2, 0) is 9.53 Å². The number of ether oxygens (including phenoxy) is 1. The van der Waals surface area contributed by atoms with Gasteiger partial charge in [0.25, 0.3) is 0 Å². The topological polar surface area (TPSA) is 41.6 Å². The Labute approximate surface area is 113 Å². The van der Waals surface area contributed by atoms with Crippen LogP contribution in [0.5, 0.6) is 0 Å². The van der Waals surface area contributed by atoms with Gasteiger partial charge >= 0.3 is 0 Å². The number of halogens is 1. The molecule has 0 saturated heterocycles. The van der Waals surface area contributed by atoms with E-state index in [9.17, 15) is 4.79 Å². The Morgan fingerprint density at radius 2 is 2.11 bits per heavy atom. The third-order valence-corrected chi connectivity index (χ3v) is 2.56. The number of hydrogen-bond donors (Lipinski definition) is 1. The maximum atomic E-state index is 11.6. The lowest BCUT2D eigenvalue weighted by molar-refractivity contribution is -0.121. The minimum atomic E-state index is -0.183. The summed E-state index contributed by atoms with van der Waals surface area (Å²) >= 11 is 6.11.